The molecular formula is C17H21N3O3. The fourth-order valence-corrected chi connectivity index (χ4v) is 2.30. The molecule has 1 aromatic heterocycles. The number of hydrogen-bond donors (Lipinski definition) is 1. The zero-order valence-electron chi connectivity index (χ0n) is 13.6. The Morgan fingerprint density at radius 3 is 2.61 bits per heavy atom. The Balaban J connectivity index is 1.96. The molecular weight excluding hydrogens is 294 g/mol. The number of esters is 1. The van der Waals surface area contributed by atoms with Gasteiger partial charge in [0.05, 0.1) is 18.5 Å². The second-order valence-corrected chi connectivity index (χ2v) is 5.31. The molecule has 23 heavy (non-hydrogen) atoms. The summed E-state index contributed by atoms with van der Waals surface area (Å²) in [5.74, 6) is -0.699. The van der Waals surface area contributed by atoms with E-state index in [0.717, 1.165) is 12.8 Å². The summed E-state index contributed by atoms with van der Waals surface area (Å²) >= 11 is 0. The first-order chi connectivity index (χ1) is 11.0. The zero-order valence-corrected chi connectivity index (χ0v) is 13.6. The molecule has 2 rings (SSSR count). The molecule has 0 saturated heterocycles. The van der Waals surface area contributed by atoms with Crippen molar-refractivity contribution in [2.45, 2.75) is 26.2 Å². The molecule has 0 aliphatic carbocycles. The second kappa shape index (κ2) is 7.58. The van der Waals surface area contributed by atoms with E-state index in [-0.39, 0.29) is 11.6 Å². The van der Waals surface area contributed by atoms with Gasteiger partial charge in [0.1, 0.15) is 0 Å². The number of ether oxygens (including phenoxy) is 1. The van der Waals surface area contributed by atoms with Gasteiger partial charge in [-0.05, 0) is 25.3 Å². The van der Waals surface area contributed by atoms with Gasteiger partial charge in [-0.1, -0.05) is 30.3 Å². The van der Waals surface area contributed by atoms with E-state index < -0.39 is 5.97 Å². The number of amides is 1. The van der Waals surface area contributed by atoms with Crippen molar-refractivity contribution in [2.75, 3.05) is 12.4 Å². The maximum Gasteiger partial charge on any atom is 0.360 e. The van der Waals surface area contributed by atoms with Crippen molar-refractivity contribution in [3.05, 3.63) is 47.3 Å². The molecule has 6 nitrogen and oxygen atoms in total. The minimum atomic E-state index is -0.562. The summed E-state index contributed by atoms with van der Waals surface area (Å²) in [7, 11) is 3.00. The predicted octanol–water partition coefficient (Wildman–Crippen LogP) is 2.48. The van der Waals surface area contributed by atoms with Crippen molar-refractivity contribution in [1.29, 1.82) is 0 Å². The topological polar surface area (TPSA) is 73.2 Å². The van der Waals surface area contributed by atoms with Crippen molar-refractivity contribution < 1.29 is 14.3 Å². The second-order valence-electron chi connectivity index (χ2n) is 5.31. The fraction of sp³-hybridized carbons (Fsp3) is 0.353. The Hall–Kier alpha value is -2.63. The largest absolute Gasteiger partial charge is 0.464 e. The minimum absolute atomic E-state index is 0.129. The number of aromatic nitrogens is 2. The van der Waals surface area contributed by atoms with Crippen molar-refractivity contribution in [1.82, 2.24) is 9.78 Å². The lowest BCUT2D eigenvalue weighted by atomic mass is 10.1. The van der Waals surface area contributed by atoms with Gasteiger partial charge in [-0.3, -0.25) is 9.48 Å². The highest BCUT2D eigenvalue weighted by molar-refractivity contribution is 6.00. The van der Waals surface area contributed by atoms with Crippen LogP contribution in [0.3, 0.4) is 0 Å². The van der Waals surface area contributed by atoms with Gasteiger partial charge in [0.2, 0.25) is 5.91 Å². The third-order valence-electron chi connectivity index (χ3n) is 3.69. The lowest BCUT2D eigenvalue weighted by Gasteiger charge is -2.06. The molecule has 2 aromatic rings. The standard InChI is InChI=1S/C17H21N3O3/c1-12-15(16(17(22)23-3)19-20(12)2)18-14(21)11-7-10-13-8-5-4-6-9-13/h4-6,8-9H,7,10-11H2,1-3H3,(H,18,21). The number of methoxy groups -OCH3 is 1. The van der Waals surface area contributed by atoms with Crippen LogP contribution in [0.5, 0.6) is 0 Å². The average Bonchev–Trinajstić information content (AvgIpc) is 2.83. The minimum Gasteiger partial charge on any atom is -0.464 e. The molecule has 0 spiro atoms. The van der Waals surface area contributed by atoms with Gasteiger partial charge in [-0.15, -0.1) is 0 Å². The summed E-state index contributed by atoms with van der Waals surface area (Å²) < 4.78 is 6.25. The summed E-state index contributed by atoms with van der Waals surface area (Å²) in [6.45, 7) is 1.79. The van der Waals surface area contributed by atoms with Crippen LogP contribution < -0.4 is 5.32 Å². The van der Waals surface area contributed by atoms with E-state index >= 15 is 0 Å². The molecule has 0 fully saturated rings. The van der Waals surface area contributed by atoms with E-state index in [1.54, 1.807) is 18.7 Å². The number of carbonyl (C=O) groups is 2. The third-order valence-corrected chi connectivity index (χ3v) is 3.69. The first kappa shape index (κ1) is 16.7. The number of hydrogen-bond acceptors (Lipinski definition) is 4. The van der Waals surface area contributed by atoms with Crippen LogP contribution >= 0.6 is 0 Å². The van der Waals surface area contributed by atoms with Crippen molar-refractivity contribution in [3.8, 4) is 0 Å². The molecule has 0 saturated carbocycles. The maximum atomic E-state index is 12.1. The number of anilines is 1. The number of rotatable bonds is 6. The predicted molar refractivity (Wildman–Crippen MR) is 87.3 cm³/mol. The van der Waals surface area contributed by atoms with Crippen molar-refractivity contribution in [3.63, 3.8) is 0 Å². The number of aryl methyl sites for hydroxylation is 2. The average molecular weight is 315 g/mol. The van der Waals surface area contributed by atoms with E-state index in [4.69, 9.17) is 4.74 Å². The van der Waals surface area contributed by atoms with Gasteiger partial charge < -0.3 is 10.1 Å². The Morgan fingerprint density at radius 2 is 1.96 bits per heavy atom. The molecule has 6 heteroatoms. The normalized spacial score (nSPS) is 10.4. The molecule has 0 unspecified atom stereocenters. The summed E-state index contributed by atoms with van der Waals surface area (Å²) in [5.41, 5.74) is 2.46. The molecule has 0 aliphatic heterocycles. The molecule has 0 aliphatic rings. The van der Waals surface area contributed by atoms with Crippen molar-refractivity contribution >= 4 is 17.6 Å². The zero-order chi connectivity index (χ0) is 16.8. The smallest absolute Gasteiger partial charge is 0.360 e. The Bertz CT molecular complexity index is 693. The van der Waals surface area contributed by atoms with Crippen LogP contribution in [0, 0.1) is 6.92 Å². The van der Waals surface area contributed by atoms with Gasteiger partial charge in [0.25, 0.3) is 0 Å². The van der Waals surface area contributed by atoms with Crippen LogP contribution in [-0.4, -0.2) is 28.8 Å². The van der Waals surface area contributed by atoms with Gasteiger partial charge in [-0.25, -0.2) is 4.79 Å². The molecule has 0 radical (unpaired) electrons. The highest BCUT2D eigenvalue weighted by Gasteiger charge is 2.21. The van der Waals surface area contributed by atoms with E-state index in [2.05, 4.69) is 10.4 Å². The lowest BCUT2D eigenvalue weighted by Crippen LogP contribution is -2.15. The van der Waals surface area contributed by atoms with Crippen LogP contribution in [0.1, 0.15) is 34.6 Å². The molecule has 0 atom stereocenters. The van der Waals surface area contributed by atoms with Gasteiger partial charge in [0, 0.05) is 13.5 Å². The number of nitrogens with zero attached hydrogens (tertiary/aromatic N) is 2. The van der Waals surface area contributed by atoms with Gasteiger partial charge in [-0.2, -0.15) is 5.10 Å². The first-order valence-electron chi connectivity index (χ1n) is 7.48. The molecule has 1 heterocycles. The van der Waals surface area contributed by atoms with E-state index in [0.29, 0.717) is 17.8 Å². The Labute approximate surface area is 135 Å². The molecule has 1 aromatic carbocycles. The summed E-state index contributed by atoms with van der Waals surface area (Å²) in [6.07, 6.45) is 1.96. The van der Waals surface area contributed by atoms with Gasteiger partial charge in [0.15, 0.2) is 5.69 Å². The summed E-state index contributed by atoms with van der Waals surface area (Å²) in [4.78, 5) is 23.9. The lowest BCUT2D eigenvalue weighted by molar-refractivity contribution is -0.116. The van der Waals surface area contributed by atoms with Crippen molar-refractivity contribution in [2.24, 2.45) is 7.05 Å². The maximum absolute atomic E-state index is 12.1. The van der Waals surface area contributed by atoms with E-state index in [1.165, 1.54) is 12.7 Å². The molecule has 1 N–H and O–H groups in total. The molecule has 122 valence electrons. The summed E-state index contributed by atoms with van der Waals surface area (Å²) in [6, 6.07) is 10.0. The van der Waals surface area contributed by atoms with Crippen LogP contribution in [-0.2, 0) is 23.0 Å². The van der Waals surface area contributed by atoms with Crippen LogP contribution in [0.2, 0.25) is 0 Å². The van der Waals surface area contributed by atoms with E-state index in [1.807, 2.05) is 30.3 Å². The quantitative estimate of drug-likeness (QED) is 0.831. The third kappa shape index (κ3) is 4.18. The van der Waals surface area contributed by atoms with Gasteiger partial charge >= 0.3 is 5.97 Å². The van der Waals surface area contributed by atoms with Crippen LogP contribution in [0.15, 0.2) is 30.3 Å². The van der Waals surface area contributed by atoms with E-state index in [9.17, 15) is 9.59 Å². The molecule has 1 amide bonds. The fourth-order valence-electron chi connectivity index (χ4n) is 2.30. The van der Waals surface area contributed by atoms with Crippen LogP contribution in [0.25, 0.3) is 0 Å². The SMILES string of the molecule is COC(=O)c1nn(C)c(C)c1NC(=O)CCCc1ccccc1. The van der Waals surface area contributed by atoms with Crippen LogP contribution in [0.4, 0.5) is 5.69 Å². The Kier molecular flexibility index (Phi) is 5.51. The summed E-state index contributed by atoms with van der Waals surface area (Å²) in [5, 5.41) is 6.87. The number of benzene rings is 1. The highest BCUT2D eigenvalue weighted by Crippen LogP contribution is 2.20. The molecule has 0 bridgehead atoms. The Morgan fingerprint density at radius 1 is 1.26 bits per heavy atom. The highest BCUT2D eigenvalue weighted by atomic mass is 16.5. The number of nitrogens with one attached hydrogen (secondary N) is 1. The number of carbonyl (C=O) groups excluding carboxylic acids is 2. The monoisotopic (exact) mass is 315 g/mol. The first-order valence-corrected chi connectivity index (χ1v) is 7.48.